The zero-order valence-electron chi connectivity index (χ0n) is 17.7. The van der Waals surface area contributed by atoms with Gasteiger partial charge in [-0.2, -0.15) is 0 Å². The van der Waals surface area contributed by atoms with E-state index in [1.165, 1.54) is 11.8 Å². The first-order chi connectivity index (χ1) is 14.2. The third-order valence-corrected chi connectivity index (χ3v) is 7.48. The molecule has 1 N–H and O–H groups in total. The van der Waals surface area contributed by atoms with Crippen LogP contribution in [0.25, 0.3) is 0 Å². The largest absolute Gasteiger partial charge is 0.338 e. The maximum atomic E-state index is 14.1. The van der Waals surface area contributed by atoms with Crippen LogP contribution in [0.3, 0.4) is 0 Å². The summed E-state index contributed by atoms with van der Waals surface area (Å²) >= 11 is 7.90. The lowest BCUT2D eigenvalue weighted by Gasteiger charge is -2.33. The SMILES string of the molecule is CCNC(=O)N1CC(C)(C)SC12C(=O)N(Cc1ccccc1C)c1ccc(Cl)cc12. The monoisotopic (exact) mass is 443 g/mol. The Hall–Kier alpha value is -2.18. The van der Waals surface area contributed by atoms with Crippen LogP contribution in [0.1, 0.15) is 37.5 Å². The molecule has 5 nitrogen and oxygen atoms in total. The van der Waals surface area contributed by atoms with E-state index in [-0.39, 0.29) is 16.7 Å². The molecule has 2 aromatic carbocycles. The number of nitrogens with one attached hydrogen (secondary N) is 1. The van der Waals surface area contributed by atoms with Crippen LogP contribution in [-0.2, 0) is 16.2 Å². The number of thioether (sulfide) groups is 1. The predicted octanol–water partition coefficient (Wildman–Crippen LogP) is 4.90. The number of aryl methyl sites for hydroxylation is 1. The maximum absolute atomic E-state index is 14.1. The Balaban J connectivity index is 1.86. The first-order valence-electron chi connectivity index (χ1n) is 10.1. The summed E-state index contributed by atoms with van der Waals surface area (Å²) in [4.78, 5) is 29.5. The van der Waals surface area contributed by atoms with Gasteiger partial charge >= 0.3 is 6.03 Å². The molecule has 4 rings (SSSR count). The predicted molar refractivity (Wildman–Crippen MR) is 123 cm³/mol. The molecule has 30 heavy (non-hydrogen) atoms. The number of carbonyl (C=O) groups is 2. The number of urea groups is 1. The normalized spacial score (nSPS) is 22.0. The molecule has 2 aromatic rings. The van der Waals surface area contributed by atoms with Crippen molar-refractivity contribution in [1.29, 1.82) is 0 Å². The van der Waals surface area contributed by atoms with Crippen molar-refractivity contribution in [3.8, 4) is 0 Å². The summed E-state index contributed by atoms with van der Waals surface area (Å²) in [7, 11) is 0. The highest BCUT2D eigenvalue weighted by atomic mass is 35.5. The molecule has 0 radical (unpaired) electrons. The highest BCUT2D eigenvalue weighted by Gasteiger charge is 2.63. The van der Waals surface area contributed by atoms with Crippen LogP contribution in [-0.4, -0.2) is 34.7 Å². The summed E-state index contributed by atoms with van der Waals surface area (Å²) in [6.07, 6.45) is 0. The quantitative estimate of drug-likeness (QED) is 0.733. The van der Waals surface area contributed by atoms with Crippen LogP contribution < -0.4 is 10.2 Å². The number of carbonyl (C=O) groups excluding carboxylic acids is 2. The summed E-state index contributed by atoms with van der Waals surface area (Å²) in [6, 6.07) is 13.4. The lowest BCUT2D eigenvalue weighted by Crippen LogP contribution is -2.53. The third-order valence-electron chi connectivity index (χ3n) is 5.66. The standard InChI is InChI=1S/C23H26ClN3O2S/c1-5-25-21(29)27-14-22(3,4)30-23(27)18-12-17(24)10-11-19(18)26(20(23)28)13-16-9-7-6-8-15(16)2/h6-12H,5,13-14H2,1-4H3,(H,25,29). The van der Waals surface area contributed by atoms with Crippen LogP contribution in [0.15, 0.2) is 42.5 Å². The number of rotatable bonds is 3. The average Bonchev–Trinajstić information content (AvgIpc) is 3.10. The van der Waals surface area contributed by atoms with Gasteiger partial charge in [-0.3, -0.25) is 9.69 Å². The second-order valence-corrected chi connectivity index (χ2v) is 10.7. The van der Waals surface area contributed by atoms with Crippen molar-refractivity contribution in [3.63, 3.8) is 0 Å². The second-order valence-electron chi connectivity index (χ2n) is 8.41. The van der Waals surface area contributed by atoms with Crippen LogP contribution in [0.5, 0.6) is 0 Å². The molecule has 2 aliphatic heterocycles. The van der Waals surface area contributed by atoms with Gasteiger partial charge in [0.25, 0.3) is 5.91 Å². The maximum Gasteiger partial charge on any atom is 0.319 e. The molecule has 2 aliphatic rings. The lowest BCUT2D eigenvalue weighted by atomic mass is 10.0. The van der Waals surface area contributed by atoms with Gasteiger partial charge in [0.2, 0.25) is 0 Å². The van der Waals surface area contributed by atoms with Gasteiger partial charge in [-0.1, -0.05) is 35.9 Å². The van der Waals surface area contributed by atoms with Crippen molar-refractivity contribution in [3.05, 3.63) is 64.2 Å². The molecule has 3 amide bonds. The van der Waals surface area contributed by atoms with Crippen LogP contribution >= 0.6 is 23.4 Å². The van der Waals surface area contributed by atoms with Crippen molar-refractivity contribution in [2.24, 2.45) is 0 Å². The van der Waals surface area contributed by atoms with Gasteiger partial charge in [0.15, 0.2) is 4.87 Å². The van der Waals surface area contributed by atoms with E-state index in [1.807, 2.05) is 50.2 Å². The van der Waals surface area contributed by atoms with E-state index in [0.29, 0.717) is 24.7 Å². The molecular formula is C23H26ClN3O2S. The van der Waals surface area contributed by atoms with Crippen molar-refractivity contribution in [1.82, 2.24) is 10.2 Å². The summed E-state index contributed by atoms with van der Waals surface area (Å²) in [6.45, 7) is 9.49. The van der Waals surface area contributed by atoms with Crippen LogP contribution in [0.4, 0.5) is 10.5 Å². The topological polar surface area (TPSA) is 52.7 Å². The van der Waals surface area contributed by atoms with Gasteiger partial charge < -0.3 is 10.2 Å². The Kier molecular flexibility index (Phi) is 5.27. The summed E-state index contributed by atoms with van der Waals surface area (Å²) < 4.78 is -0.279. The van der Waals surface area contributed by atoms with E-state index in [1.54, 1.807) is 15.9 Å². The van der Waals surface area contributed by atoms with Crippen molar-refractivity contribution in [2.45, 2.75) is 43.9 Å². The number of nitrogens with zero attached hydrogens (tertiary/aromatic N) is 2. The minimum Gasteiger partial charge on any atom is -0.338 e. The summed E-state index contributed by atoms with van der Waals surface area (Å²) in [5, 5.41) is 3.44. The van der Waals surface area contributed by atoms with Crippen molar-refractivity contribution < 1.29 is 9.59 Å². The van der Waals surface area contributed by atoms with E-state index < -0.39 is 4.87 Å². The van der Waals surface area contributed by atoms with E-state index >= 15 is 0 Å². The number of fused-ring (bicyclic) bond motifs is 2. The minimum absolute atomic E-state index is 0.0927. The number of hydrogen-bond donors (Lipinski definition) is 1. The van der Waals surface area contributed by atoms with Gasteiger partial charge in [-0.15, -0.1) is 11.8 Å². The fourth-order valence-corrected chi connectivity index (χ4v) is 6.23. The zero-order valence-corrected chi connectivity index (χ0v) is 19.2. The fourth-order valence-electron chi connectivity index (χ4n) is 4.34. The summed E-state index contributed by atoms with van der Waals surface area (Å²) in [5.74, 6) is -0.0927. The van der Waals surface area contributed by atoms with Crippen LogP contribution in [0.2, 0.25) is 5.02 Å². The van der Waals surface area contributed by atoms with E-state index in [0.717, 1.165) is 22.4 Å². The fraction of sp³-hybridized carbons (Fsp3) is 0.391. The molecule has 158 valence electrons. The molecule has 1 spiro atoms. The Morgan fingerprint density at radius 2 is 1.97 bits per heavy atom. The third kappa shape index (κ3) is 3.26. The Morgan fingerprint density at radius 3 is 2.67 bits per heavy atom. The minimum atomic E-state index is -1.12. The number of hydrogen-bond acceptors (Lipinski definition) is 3. The molecule has 0 aliphatic carbocycles. The molecule has 2 heterocycles. The Bertz CT molecular complexity index is 1030. The summed E-state index contributed by atoms with van der Waals surface area (Å²) in [5.41, 5.74) is 3.81. The number of halogens is 1. The Morgan fingerprint density at radius 1 is 1.23 bits per heavy atom. The average molecular weight is 444 g/mol. The molecule has 1 unspecified atom stereocenters. The number of benzene rings is 2. The van der Waals surface area contributed by atoms with Gasteiger partial charge in [0.05, 0.1) is 12.2 Å². The zero-order chi connectivity index (χ0) is 21.7. The highest BCUT2D eigenvalue weighted by Crippen LogP contribution is 2.60. The van der Waals surface area contributed by atoms with Crippen molar-refractivity contribution >= 4 is 41.0 Å². The Labute approximate surface area is 186 Å². The lowest BCUT2D eigenvalue weighted by molar-refractivity contribution is -0.123. The van der Waals surface area contributed by atoms with Gasteiger partial charge in [-0.25, -0.2) is 4.79 Å². The molecule has 7 heteroatoms. The van der Waals surface area contributed by atoms with Gasteiger partial charge in [0.1, 0.15) is 0 Å². The molecular weight excluding hydrogens is 418 g/mol. The van der Waals surface area contributed by atoms with Crippen molar-refractivity contribution in [2.75, 3.05) is 18.0 Å². The second kappa shape index (κ2) is 7.50. The highest BCUT2D eigenvalue weighted by molar-refractivity contribution is 8.02. The number of anilines is 1. The van der Waals surface area contributed by atoms with E-state index in [9.17, 15) is 9.59 Å². The van der Waals surface area contributed by atoms with Gasteiger partial charge in [-0.05, 0) is 57.0 Å². The van der Waals surface area contributed by atoms with E-state index in [4.69, 9.17) is 11.6 Å². The van der Waals surface area contributed by atoms with Crippen LogP contribution in [0, 0.1) is 6.92 Å². The molecule has 0 saturated carbocycles. The molecule has 0 bridgehead atoms. The molecule has 1 atom stereocenters. The number of amides is 3. The molecule has 1 fully saturated rings. The van der Waals surface area contributed by atoms with Gasteiger partial charge in [0, 0.05) is 28.4 Å². The first-order valence-corrected chi connectivity index (χ1v) is 11.3. The van der Waals surface area contributed by atoms with E-state index in [2.05, 4.69) is 19.2 Å². The molecule has 1 saturated heterocycles. The smallest absolute Gasteiger partial charge is 0.319 e. The first kappa shape index (κ1) is 21.1. The molecule has 0 aromatic heterocycles.